The van der Waals surface area contributed by atoms with E-state index >= 15 is 0 Å². The molecule has 0 aromatic heterocycles. The summed E-state index contributed by atoms with van der Waals surface area (Å²) < 4.78 is 27.5. The second-order valence-corrected chi connectivity index (χ2v) is 7.63. The summed E-state index contributed by atoms with van der Waals surface area (Å²) in [5, 5.41) is 0. The van der Waals surface area contributed by atoms with E-state index in [4.69, 9.17) is 0 Å². The molecule has 0 radical (unpaired) electrons. The summed E-state index contributed by atoms with van der Waals surface area (Å²) in [4.78, 5) is 0.278. The van der Waals surface area contributed by atoms with E-state index in [0.717, 1.165) is 11.1 Å². The Morgan fingerprint density at radius 2 is 1.76 bits per heavy atom. The van der Waals surface area contributed by atoms with Crippen LogP contribution in [0.15, 0.2) is 72.1 Å². The van der Waals surface area contributed by atoms with Gasteiger partial charge in [-0.15, -0.1) is 6.58 Å². The molecule has 2 rings (SSSR count). The van der Waals surface area contributed by atoms with Crippen LogP contribution in [-0.2, 0) is 10.0 Å². The maximum atomic E-state index is 13.1. The van der Waals surface area contributed by atoms with Crippen molar-refractivity contribution in [2.75, 3.05) is 6.54 Å². The van der Waals surface area contributed by atoms with Crippen molar-refractivity contribution in [1.82, 2.24) is 4.31 Å². The van der Waals surface area contributed by atoms with Crippen LogP contribution in [0.3, 0.4) is 0 Å². The molecule has 0 saturated carbocycles. The van der Waals surface area contributed by atoms with Crippen molar-refractivity contribution in [2.45, 2.75) is 31.2 Å². The minimum absolute atomic E-state index is 0.121. The predicted octanol–water partition coefficient (Wildman–Crippen LogP) is 4.00. The van der Waals surface area contributed by atoms with Crippen LogP contribution >= 0.6 is 0 Å². The van der Waals surface area contributed by atoms with E-state index < -0.39 is 10.0 Å². The summed E-state index contributed by atoms with van der Waals surface area (Å²) in [6.45, 7) is 7.77. The Morgan fingerprint density at radius 3 is 2.32 bits per heavy atom. The number of sulfonamides is 1. The Bertz CT molecular complexity index is 860. The SMILES string of the molecule is C=C[C@@H](CC)N(CC#Cc1ccccc1)S(=O)(=O)c1ccc(C)cc1. The van der Waals surface area contributed by atoms with Crippen LogP contribution in [0.4, 0.5) is 0 Å². The normalized spacial score (nSPS) is 12.3. The molecule has 0 unspecified atom stereocenters. The van der Waals surface area contributed by atoms with E-state index in [1.807, 2.05) is 44.2 Å². The van der Waals surface area contributed by atoms with Crippen LogP contribution < -0.4 is 0 Å². The molecule has 2 aromatic carbocycles. The molecule has 0 N–H and O–H groups in total. The van der Waals surface area contributed by atoms with E-state index in [0.29, 0.717) is 6.42 Å². The Balaban J connectivity index is 2.34. The van der Waals surface area contributed by atoms with Crippen molar-refractivity contribution in [3.05, 3.63) is 78.4 Å². The first-order valence-electron chi connectivity index (χ1n) is 8.24. The van der Waals surface area contributed by atoms with E-state index in [9.17, 15) is 8.42 Å². The average Bonchev–Trinajstić information content (AvgIpc) is 2.62. The molecule has 0 spiro atoms. The fraction of sp³-hybridized carbons (Fsp3) is 0.238. The van der Waals surface area contributed by atoms with Crippen LogP contribution in [0.25, 0.3) is 0 Å². The van der Waals surface area contributed by atoms with Gasteiger partial charge in [0.25, 0.3) is 0 Å². The minimum atomic E-state index is -3.64. The van der Waals surface area contributed by atoms with Crippen molar-refractivity contribution >= 4 is 10.0 Å². The largest absolute Gasteiger partial charge is 0.244 e. The van der Waals surface area contributed by atoms with Crippen LogP contribution in [0, 0.1) is 18.8 Å². The van der Waals surface area contributed by atoms with Crippen molar-refractivity contribution in [3.63, 3.8) is 0 Å². The number of hydrogen-bond donors (Lipinski definition) is 0. The van der Waals surface area contributed by atoms with Gasteiger partial charge in [-0.2, -0.15) is 4.31 Å². The molecule has 2 aromatic rings. The molecule has 0 aliphatic heterocycles. The molecule has 0 amide bonds. The van der Waals surface area contributed by atoms with Crippen molar-refractivity contribution < 1.29 is 8.42 Å². The molecule has 3 nitrogen and oxygen atoms in total. The molecule has 0 fully saturated rings. The Labute approximate surface area is 151 Å². The first-order chi connectivity index (χ1) is 12.0. The molecule has 0 bridgehead atoms. The maximum absolute atomic E-state index is 13.1. The summed E-state index contributed by atoms with van der Waals surface area (Å²) >= 11 is 0. The Morgan fingerprint density at radius 1 is 1.12 bits per heavy atom. The van der Waals surface area contributed by atoms with Crippen LogP contribution in [-0.4, -0.2) is 25.3 Å². The highest BCUT2D eigenvalue weighted by atomic mass is 32.2. The van der Waals surface area contributed by atoms with E-state index in [1.54, 1.807) is 30.3 Å². The fourth-order valence-corrected chi connectivity index (χ4v) is 4.03. The van der Waals surface area contributed by atoms with E-state index in [-0.39, 0.29) is 17.5 Å². The summed E-state index contributed by atoms with van der Waals surface area (Å²) in [5.41, 5.74) is 1.88. The third-order valence-electron chi connectivity index (χ3n) is 3.93. The zero-order chi connectivity index (χ0) is 18.3. The van der Waals surface area contributed by atoms with Crippen LogP contribution in [0.5, 0.6) is 0 Å². The maximum Gasteiger partial charge on any atom is 0.244 e. The molecule has 0 aliphatic carbocycles. The minimum Gasteiger partial charge on any atom is -0.207 e. The van der Waals surface area contributed by atoms with Crippen molar-refractivity contribution in [3.8, 4) is 11.8 Å². The lowest BCUT2D eigenvalue weighted by molar-refractivity contribution is 0.386. The van der Waals surface area contributed by atoms with Gasteiger partial charge >= 0.3 is 0 Å². The monoisotopic (exact) mass is 353 g/mol. The summed E-state index contributed by atoms with van der Waals surface area (Å²) in [6, 6.07) is 16.1. The number of aryl methyl sites for hydroxylation is 1. The smallest absolute Gasteiger partial charge is 0.207 e. The van der Waals surface area contributed by atoms with Gasteiger partial charge in [0.15, 0.2) is 0 Å². The van der Waals surface area contributed by atoms with Gasteiger partial charge in [-0.3, -0.25) is 0 Å². The Kier molecular flexibility index (Phi) is 6.58. The molecule has 130 valence electrons. The molecule has 0 aliphatic rings. The van der Waals surface area contributed by atoms with Gasteiger partial charge in [0.05, 0.1) is 11.4 Å². The summed E-state index contributed by atoms with van der Waals surface area (Å²) in [7, 11) is -3.64. The average molecular weight is 353 g/mol. The van der Waals surface area contributed by atoms with Crippen LogP contribution in [0.1, 0.15) is 24.5 Å². The first kappa shape index (κ1) is 19.0. The number of rotatable bonds is 6. The highest BCUT2D eigenvalue weighted by Crippen LogP contribution is 2.20. The molecule has 1 atom stereocenters. The highest BCUT2D eigenvalue weighted by Gasteiger charge is 2.28. The first-order valence-corrected chi connectivity index (χ1v) is 9.68. The van der Waals surface area contributed by atoms with E-state index in [1.165, 1.54) is 4.31 Å². The molecular formula is C21H23NO2S. The van der Waals surface area contributed by atoms with Gasteiger partial charge in [-0.05, 0) is 37.6 Å². The second-order valence-electron chi connectivity index (χ2n) is 5.74. The van der Waals surface area contributed by atoms with Gasteiger partial charge in [0, 0.05) is 11.6 Å². The van der Waals surface area contributed by atoms with Gasteiger partial charge in [0.1, 0.15) is 0 Å². The summed E-state index contributed by atoms with van der Waals surface area (Å²) in [6.07, 6.45) is 2.30. The van der Waals surface area contributed by atoms with Gasteiger partial charge in [-0.1, -0.05) is 60.7 Å². The lowest BCUT2D eigenvalue weighted by Gasteiger charge is -2.26. The highest BCUT2D eigenvalue weighted by molar-refractivity contribution is 7.89. The summed E-state index contributed by atoms with van der Waals surface area (Å²) in [5.74, 6) is 6.01. The number of benzene rings is 2. The quantitative estimate of drug-likeness (QED) is 0.581. The molecule has 0 saturated heterocycles. The lowest BCUT2D eigenvalue weighted by atomic mass is 10.2. The number of nitrogens with zero attached hydrogens (tertiary/aromatic N) is 1. The van der Waals surface area contributed by atoms with Gasteiger partial charge in [-0.25, -0.2) is 8.42 Å². The molecule has 4 heteroatoms. The third kappa shape index (κ3) is 4.82. The molecular weight excluding hydrogens is 330 g/mol. The Hall–Kier alpha value is -2.35. The zero-order valence-corrected chi connectivity index (χ0v) is 15.5. The second kappa shape index (κ2) is 8.66. The van der Waals surface area contributed by atoms with Crippen LogP contribution in [0.2, 0.25) is 0 Å². The molecule has 25 heavy (non-hydrogen) atoms. The lowest BCUT2D eigenvalue weighted by Crippen LogP contribution is -2.39. The topological polar surface area (TPSA) is 37.4 Å². The third-order valence-corrected chi connectivity index (χ3v) is 5.81. The van der Waals surface area contributed by atoms with E-state index in [2.05, 4.69) is 18.4 Å². The van der Waals surface area contributed by atoms with Gasteiger partial charge < -0.3 is 0 Å². The number of hydrogen-bond acceptors (Lipinski definition) is 2. The van der Waals surface area contributed by atoms with Crippen molar-refractivity contribution in [1.29, 1.82) is 0 Å². The zero-order valence-electron chi connectivity index (χ0n) is 14.6. The molecule has 0 heterocycles. The fourth-order valence-electron chi connectivity index (χ4n) is 2.45. The predicted molar refractivity (Wildman–Crippen MR) is 103 cm³/mol. The van der Waals surface area contributed by atoms with Crippen molar-refractivity contribution in [2.24, 2.45) is 0 Å². The standard InChI is InChI=1S/C21H23NO2S/c1-4-20(5-2)22(17-9-12-19-10-7-6-8-11-19)25(23,24)21-15-13-18(3)14-16-21/h4,6-8,10-11,13-16,20H,1,5,17H2,2-3H3/t20-/m0/s1. The van der Waals surface area contributed by atoms with Gasteiger partial charge in [0.2, 0.25) is 10.0 Å².